The van der Waals surface area contributed by atoms with Gasteiger partial charge in [0, 0.05) is 19.0 Å². The quantitative estimate of drug-likeness (QED) is 0.618. The van der Waals surface area contributed by atoms with Crippen molar-refractivity contribution >= 4 is 11.9 Å². The number of likely N-dealkylation sites (tertiary alicyclic amines) is 1. The molecule has 1 unspecified atom stereocenters. The third kappa shape index (κ3) is 4.53. The van der Waals surface area contributed by atoms with Gasteiger partial charge in [-0.05, 0) is 63.6 Å². The molecule has 2 aromatic rings. The van der Waals surface area contributed by atoms with Crippen LogP contribution in [0.1, 0.15) is 79.2 Å². The van der Waals surface area contributed by atoms with Gasteiger partial charge in [0.1, 0.15) is 0 Å². The molecule has 6 nitrogen and oxygen atoms in total. The minimum absolute atomic E-state index is 0.0262. The van der Waals surface area contributed by atoms with Crippen molar-refractivity contribution in [3.05, 3.63) is 46.8 Å². The van der Waals surface area contributed by atoms with Crippen LogP contribution in [0.4, 0.5) is 0 Å². The van der Waals surface area contributed by atoms with Gasteiger partial charge < -0.3 is 9.64 Å². The summed E-state index contributed by atoms with van der Waals surface area (Å²) in [5.41, 5.74) is 4.89. The molecule has 1 amide bonds. The third-order valence-electron chi connectivity index (χ3n) is 6.25. The summed E-state index contributed by atoms with van der Waals surface area (Å²) < 4.78 is 7.22. The Morgan fingerprint density at radius 2 is 2.00 bits per heavy atom. The van der Waals surface area contributed by atoms with Crippen LogP contribution in [0.2, 0.25) is 0 Å². The number of hydrogen-bond donors (Lipinski definition) is 0. The molecule has 166 valence electrons. The molecule has 1 aliphatic heterocycles. The number of nitrogens with zero attached hydrogens (tertiary/aromatic N) is 3. The maximum atomic E-state index is 13.8. The zero-order chi connectivity index (χ0) is 22.0. The highest BCUT2D eigenvalue weighted by Crippen LogP contribution is 2.43. The minimum atomic E-state index is -0.233. The lowest BCUT2D eigenvalue weighted by Crippen LogP contribution is -2.43. The zero-order valence-corrected chi connectivity index (χ0v) is 18.9. The number of esters is 1. The first-order valence-electron chi connectivity index (χ1n) is 11.7. The van der Waals surface area contributed by atoms with Crippen LogP contribution in [-0.2, 0) is 16.0 Å². The highest BCUT2D eigenvalue weighted by molar-refractivity contribution is 5.97. The normalized spacial score (nSPS) is 18.8. The summed E-state index contributed by atoms with van der Waals surface area (Å²) in [5.74, 6) is -0.0281. The average Bonchev–Trinajstić information content (AvgIpc) is 3.55. The number of carbonyl (C=O) groups excluding carboxylic acids is 2. The lowest BCUT2D eigenvalue weighted by Gasteiger charge is -2.31. The van der Waals surface area contributed by atoms with Crippen molar-refractivity contribution in [3.63, 3.8) is 0 Å². The van der Waals surface area contributed by atoms with Crippen molar-refractivity contribution in [2.24, 2.45) is 5.92 Å². The lowest BCUT2D eigenvalue weighted by atomic mass is 9.96. The van der Waals surface area contributed by atoms with E-state index in [-0.39, 0.29) is 17.8 Å². The predicted octanol–water partition coefficient (Wildman–Crippen LogP) is 4.43. The molecule has 1 saturated heterocycles. The number of aromatic nitrogens is 2. The number of amides is 1. The van der Waals surface area contributed by atoms with E-state index in [1.165, 1.54) is 5.56 Å². The number of aryl methyl sites for hydroxylation is 1. The molecule has 6 heteroatoms. The summed E-state index contributed by atoms with van der Waals surface area (Å²) >= 11 is 0. The molecule has 31 heavy (non-hydrogen) atoms. The summed E-state index contributed by atoms with van der Waals surface area (Å²) in [6.45, 7) is 7.52. The van der Waals surface area contributed by atoms with E-state index < -0.39 is 0 Å². The molecule has 2 aliphatic rings. The van der Waals surface area contributed by atoms with Crippen LogP contribution in [0.5, 0.6) is 0 Å². The maximum Gasteiger partial charge on any atom is 0.310 e. The summed E-state index contributed by atoms with van der Waals surface area (Å²) in [4.78, 5) is 28.0. The van der Waals surface area contributed by atoms with Gasteiger partial charge in [-0.15, -0.1) is 0 Å². The van der Waals surface area contributed by atoms with Gasteiger partial charge in [0.25, 0.3) is 5.91 Å². The smallest absolute Gasteiger partial charge is 0.310 e. The Balaban J connectivity index is 1.71. The number of hydrogen-bond acceptors (Lipinski definition) is 4. The van der Waals surface area contributed by atoms with E-state index in [1.807, 2.05) is 22.6 Å². The van der Waals surface area contributed by atoms with E-state index in [2.05, 4.69) is 32.0 Å². The van der Waals surface area contributed by atoms with E-state index in [0.717, 1.165) is 61.2 Å². The van der Waals surface area contributed by atoms with E-state index in [4.69, 9.17) is 9.84 Å². The molecule has 0 radical (unpaired) electrons. The summed E-state index contributed by atoms with van der Waals surface area (Å²) in [6.07, 6.45) is 5.51. The van der Waals surface area contributed by atoms with E-state index in [0.29, 0.717) is 25.6 Å². The Kier molecular flexibility index (Phi) is 6.44. The van der Waals surface area contributed by atoms with E-state index >= 15 is 0 Å². The van der Waals surface area contributed by atoms with Gasteiger partial charge in [-0.25, -0.2) is 4.68 Å². The number of carbonyl (C=O) groups is 2. The Hall–Kier alpha value is -2.63. The number of benzene rings is 1. The SMILES string of the molecule is CCCc1c(C(=O)N2CCCC(C(=O)OCC)C2)c(C2CC2)nn1-c1cccc(C)c1. The fraction of sp³-hybridized carbons (Fsp3) is 0.560. The largest absolute Gasteiger partial charge is 0.466 e. The van der Waals surface area contributed by atoms with Crippen LogP contribution < -0.4 is 0 Å². The van der Waals surface area contributed by atoms with Crippen LogP contribution in [0.15, 0.2) is 24.3 Å². The molecule has 1 atom stereocenters. The first-order valence-corrected chi connectivity index (χ1v) is 11.7. The van der Waals surface area contributed by atoms with E-state index in [9.17, 15) is 9.59 Å². The molecule has 1 aromatic heterocycles. The van der Waals surface area contributed by atoms with Crippen LogP contribution in [-0.4, -0.2) is 46.3 Å². The van der Waals surface area contributed by atoms with Crippen molar-refractivity contribution in [2.45, 2.75) is 65.2 Å². The Morgan fingerprint density at radius 1 is 1.19 bits per heavy atom. The number of piperidine rings is 1. The zero-order valence-electron chi connectivity index (χ0n) is 18.9. The maximum absolute atomic E-state index is 13.8. The van der Waals surface area contributed by atoms with Crippen molar-refractivity contribution in [1.82, 2.24) is 14.7 Å². The fourth-order valence-electron chi connectivity index (χ4n) is 4.56. The van der Waals surface area contributed by atoms with Crippen LogP contribution in [0.3, 0.4) is 0 Å². The van der Waals surface area contributed by atoms with Crippen molar-refractivity contribution in [2.75, 3.05) is 19.7 Å². The molecule has 2 fully saturated rings. The standard InChI is InChI=1S/C25H33N3O3/c1-4-8-21-22(24(29)27-14-7-10-19(16-27)25(30)31-5-2)23(18-12-13-18)26-28(21)20-11-6-9-17(3)15-20/h6,9,11,15,18-19H,4-5,7-8,10,12-14,16H2,1-3H3. The van der Waals surface area contributed by atoms with Gasteiger partial charge in [0.15, 0.2) is 0 Å². The van der Waals surface area contributed by atoms with E-state index in [1.54, 1.807) is 0 Å². The van der Waals surface area contributed by atoms with Crippen molar-refractivity contribution in [3.8, 4) is 5.69 Å². The molecule has 1 aliphatic carbocycles. The Morgan fingerprint density at radius 3 is 2.68 bits per heavy atom. The van der Waals surface area contributed by atoms with Gasteiger partial charge in [0.2, 0.25) is 0 Å². The molecule has 2 heterocycles. The molecule has 0 N–H and O–H groups in total. The molecular weight excluding hydrogens is 390 g/mol. The molecule has 1 aromatic carbocycles. The second kappa shape index (κ2) is 9.25. The van der Waals surface area contributed by atoms with Gasteiger partial charge >= 0.3 is 5.97 Å². The van der Waals surface area contributed by atoms with Gasteiger partial charge in [-0.2, -0.15) is 5.10 Å². The van der Waals surface area contributed by atoms with Crippen molar-refractivity contribution < 1.29 is 14.3 Å². The summed E-state index contributed by atoms with van der Waals surface area (Å²) in [7, 11) is 0. The van der Waals surface area contributed by atoms with Gasteiger partial charge in [0.05, 0.1) is 35.2 Å². The highest BCUT2D eigenvalue weighted by atomic mass is 16.5. The third-order valence-corrected chi connectivity index (χ3v) is 6.25. The second-order valence-corrected chi connectivity index (χ2v) is 8.82. The van der Waals surface area contributed by atoms with Gasteiger partial charge in [-0.3, -0.25) is 9.59 Å². The minimum Gasteiger partial charge on any atom is -0.466 e. The molecule has 4 rings (SSSR count). The molecule has 0 spiro atoms. The summed E-state index contributed by atoms with van der Waals surface area (Å²) in [6, 6.07) is 8.29. The Bertz CT molecular complexity index is 961. The van der Waals surface area contributed by atoms with Crippen LogP contribution in [0, 0.1) is 12.8 Å². The average molecular weight is 424 g/mol. The van der Waals surface area contributed by atoms with Crippen LogP contribution >= 0.6 is 0 Å². The second-order valence-electron chi connectivity index (χ2n) is 8.82. The molecule has 1 saturated carbocycles. The summed E-state index contributed by atoms with van der Waals surface area (Å²) in [5, 5.41) is 4.98. The molecular formula is C25H33N3O3. The topological polar surface area (TPSA) is 64.4 Å². The lowest BCUT2D eigenvalue weighted by molar-refractivity contribution is -0.149. The van der Waals surface area contributed by atoms with Gasteiger partial charge in [-0.1, -0.05) is 25.5 Å². The first kappa shape index (κ1) is 21.6. The fourth-order valence-corrected chi connectivity index (χ4v) is 4.56. The van der Waals surface area contributed by atoms with Crippen molar-refractivity contribution in [1.29, 1.82) is 0 Å². The van der Waals surface area contributed by atoms with Crippen LogP contribution in [0.25, 0.3) is 5.69 Å². The number of ether oxygens (including phenoxy) is 1. The molecule has 0 bridgehead atoms. The highest BCUT2D eigenvalue weighted by Gasteiger charge is 2.38. The monoisotopic (exact) mass is 423 g/mol. The Labute approximate surface area is 184 Å². The predicted molar refractivity (Wildman–Crippen MR) is 120 cm³/mol. The number of rotatable bonds is 7. The first-order chi connectivity index (χ1) is 15.0.